The van der Waals surface area contributed by atoms with Gasteiger partial charge in [0.15, 0.2) is 0 Å². The van der Waals surface area contributed by atoms with Gasteiger partial charge in [-0.3, -0.25) is 10.0 Å². The SMILES string of the molecule is COC(=O)Cn1c(C2CCN(C(=O)N(C)O)CC2)nc(-c2ccc(OC)cc2)c1-c1ccc(OC)cc1. The second-order valence-corrected chi connectivity index (χ2v) is 8.85. The van der Waals surface area contributed by atoms with Gasteiger partial charge in [-0.2, -0.15) is 0 Å². The van der Waals surface area contributed by atoms with E-state index in [-0.39, 0.29) is 18.4 Å². The number of piperidine rings is 1. The van der Waals surface area contributed by atoms with E-state index in [0.717, 1.165) is 39.8 Å². The van der Waals surface area contributed by atoms with E-state index in [2.05, 4.69) is 0 Å². The molecule has 2 aromatic carbocycles. The minimum Gasteiger partial charge on any atom is -0.497 e. The lowest BCUT2D eigenvalue weighted by Crippen LogP contribution is -2.44. The van der Waals surface area contributed by atoms with Gasteiger partial charge in [0.2, 0.25) is 0 Å². The largest absolute Gasteiger partial charge is 0.497 e. The average molecular weight is 509 g/mol. The number of methoxy groups -OCH3 is 3. The van der Waals surface area contributed by atoms with E-state index in [0.29, 0.717) is 31.0 Å². The van der Waals surface area contributed by atoms with Gasteiger partial charge in [0, 0.05) is 37.2 Å². The number of rotatable bonds is 7. The summed E-state index contributed by atoms with van der Waals surface area (Å²) in [6, 6.07) is 14.8. The number of hydroxylamine groups is 2. The zero-order valence-electron chi connectivity index (χ0n) is 21.5. The number of benzene rings is 2. The quantitative estimate of drug-likeness (QED) is 0.292. The van der Waals surface area contributed by atoms with Gasteiger partial charge in [-0.15, -0.1) is 0 Å². The summed E-state index contributed by atoms with van der Waals surface area (Å²) in [4.78, 5) is 31.5. The number of imidazole rings is 1. The van der Waals surface area contributed by atoms with Crippen LogP contribution in [-0.2, 0) is 16.1 Å². The summed E-state index contributed by atoms with van der Waals surface area (Å²) in [5.74, 6) is 1.83. The number of likely N-dealkylation sites (tertiary alicyclic amines) is 1. The normalized spacial score (nSPS) is 13.8. The van der Waals surface area contributed by atoms with Crippen molar-refractivity contribution in [2.24, 2.45) is 0 Å². The molecular weight excluding hydrogens is 476 g/mol. The molecule has 0 radical (unpaired) electrons. The van der Waals surface area contributed by atoms with Crippen LogP contribution in [0, 0.1) is 0 Å². The summed E-state index contributed by atoms with van der Waals surface area (Å²) >= 11 is 0. The number of nitrogens with zero attached hydrogens (tertiary/aromatic N) is 4. The lowest BCUT2D eigenvalue weighted by atomic mass is 9.96. The molecule has 1 saturated heterocycles. The standard InChI is InChI=1S/C27H32N4O6/c1-29(34)27(33)30-15-13-20(14-16-30)26-28-24(18-5-9-21(35-2)10-6-18)25(31(26)17-23(32)37-4)19-7-11-22(36-3)12-8-19/h5-12,20,34H,13-17H2,1-4H3. The highest BCUT2D eigenvalue weighted by Crippen LogP contribution is 2.38. The highest BCUT2D eigenvalue weighted by Gasteiger charge is 2.31. The van der Waals surface area contributed by atoms with E-state index in [9.17, 15) is 14.8 Å². The Labute approximate surface area is 215 Å². The fourth-order valence-electron chi connectivity index (χ4n) is 4.66. The molecule has 10 heteroatoms. The fourth-order valence-corrected chi connectivity index (χ4v) is 4.66. The van der Waals surface area contributed by atoms with Crippen LogP contribution >= 0.6 is 0 Å². The molecule has 1 aliphatic heterocycles. The minimum absolute atomic E-state index is 0.00158. The smallest absolute Gasteiger partial charge is 0.343 e. The van der Waals surface area contributed by atoms with E-state index in [1.54, 1.807) is 19.1 Å². The van der Waals surface area contributed by atoms with Crippen LogP contribution < -0.4 is 9.47 Å². The third-order valence-electron chi connectivity index (χ3n) is 6.65. The number of hydrogen-bond acceptors (Lipinski definition) is 7. The zero-order valence-corrected chi connectivity index (χ0v) is 21.5. The van der Waals surface area contributed by atoms with Crippen molar-refractivity contribution in [3.05, 3.63) is 54.4 Å². The molecule has 0 atom stereocenters. The van der Waals surface area contributed by atoms with Gasteiger partial charge in [-0.1, -0.05) is 0 Å². The van der Waals surface area contributed by atoms with E-state index >= 15 is 0 Å². The maximum atomic E-state index is 12.6. The van der Waals surface area contributed by atoms with Crippen molar-refractivity contribution in [2.75, 3.05) is 41.5 Å². The molecule has 37 heavy (non-hydrogen) atoms. The average Bonchev–Trinajstić information content (AvgIpc) is 3.31. The molecule has 2 amide bonds. The van der Waals surface area contributed by atoms with Crippen LogP contribution in [0.25, 0.3) is 22.5 Å². The Bertz CT molecular complexity index is 1230. The Morgan fingerprint density at radius 1 is 0.946 bits per heavy atom. The molecule has 0 aliphatic carbocycles. The fraction of sp³-hybridized carbons (Fsp3) is 0.370. The lowest BCUT2D eigenvalue weighted by Gasteiger charge is -2.32. The van der Waals surface area contributed by atoms with Gasteiger partial charge in [0.25, 0.3) is 0 Å². The number of amides is 2. The van der Waals surface area contributed by atoms with Crippen LogP contribution in [0.4, 0.5) is 4.79 Å². The third kappa shape index (κ3) is 5.54. The van der Waals surface area contributed by atoms with Crippen LogP contribution in [0.15, 0.2) is 48.5 Å². The minimum atomic E-state index is -0.436. The maximum absolute atomic E-state index is 12.6. The molecule has 4 rings (SSSR count). The van der Waals surface area contributed by atoms with Gasteiger partial charge < -0.3 is 23.7 Å². The third-order valence-corrected chi connectivity index (χ3v) is 6.65. The van der Waals surface area contributed by atoms with Gasteiger partial charge in [-0.05, 0) is 61.4 Å². The van der Waals surface area contributed by atoms with Crippen LogP contribution in [-0.4, -0.2) is 78.2 Å². The second kappa shape index (κ2) is 11.3. The molecule has 0 saturated carbocycles. The Morgan fingerprint density at radius 3 is 1.97 bits per heavy atom. The second-order valence-electron chi connectivity index (χ2n) is 8.85. The summed E-state index contributed by atoms with van der Waals surface area (Å²) in [6.07, 6.45) is 1.28. The van der Waals surface area contributed by atoms with E-state index in [1.807, 2.05) is 53.1 Å². The Hall–Kier alpha value is -4.05. The number of esters is 1. The first-order chi connectivity index (χ1) is 17.9. The Morgan fingerprint density at radius 2 is 1.49 bits per heavy atom. The van der Waals surface area contributed by atoms with Gasteiger partial charge in [0.1, 0.15) is 23.9 Å². The molecule has 0 unspecified atom stereocenters. The van der Waals surface area contributed by atoms with Gasteiger partial charge in [-0.25, -0.2) is 14.8 Å². The van der Waals surface area contributed by atoms with Crippen molar-refractivity contribution in [1.82, 2.24) is 19.5 Å². The molecule has 0 bridgehead atoms. The van der Waals surface area contributed by atoms with Crippen molar-refractivity contribution in [2.45, 2.75) is 25.3 Å². The van der Waals surface area contributed by atoms with Gasteiger partial charge in [0.05, 0.1) is 32.7 Å². The van der Waals surface area contributed by atoms with Crippen molar-refractivity contribution >= 4 is 12.0 Å². The number of carbonyl (C=O) groups is 2. The van der Waals surface area contributed by atoms with Gasteiger partial charge >= 0.3 is 12.0 Å². The number of aromatic nitrogens is 2. The monoisotopic (exact) mass is 508 g/mol. The summed E-state index contributed by atoms with van der Waals surface area (Å²) < 4.78 is 17.6. The van der Waals surface area contributed by atoms with Crippen molar-refractivity contribution in [3.8, 4) is 34.0 Å². The number of ether oxygens (including phenoxy) is 3. The maximum Gasteiger partial charge on any atom is 0.343 e. The topological polar surface area (TPSA) is 106 Å². The van der Waals surface area contributed by atoms with Crippen LogP contribution in [0.5, 0.6) is 11.5 Å². The number of hydrogen-bond donors (Lipinski definition) is 1. The highest BCUT2D eigenvalue weighted by molar-refractivity contribution is 5.81. The molecule has 1 N–H and O–H groups in total. The van der Waals surface area contributed by atoms with Crippen molar-refractivity contribution < 1.29 is 29.0 Å². The summed E-state index contributed by atoms with van der Waals surface area (Å²) in [5, 5.41) is 10.1. The highest BCUT2D eigenvalue weighted by atomic mass is 16.5. The summed E-state index contributed by atoms with van der Waals surface area (Å²) in [7, 11) is 5.92. The van der Waals surface area contributed by atoms with Crippen LogP contribution in [0.3, 0.4) is 0 Å². The predicted molar refractivity (Wildman–Crippen MR) is 137 cm³/mol. The molecule has 0 spiro atoms. The molecule has 2 heterocycles. The van der Waals surface area contributed by atoms with Crippen LogP contribution in [0.1, 0.15) is 24.6 Å². The van der Waals surface area contributed by atoms with E-state index in [1.165, 1.54) is 14.2 Å². The number of carbonyl (C=O) groups excluding carboxylic acids is 2. The predicted octanol–water partition coefficient (Wildman–Crippen LogP) is 4.03. The molecule has 1 aliphatic rings. The summed E-state index contributed by atoms with van der Waals surface area (Å²) in [6.45, 7) is 0.930. The van der Waals surface area contributed by atoms with Crippen molar-refractivity contribution in [3.63, 3.8) is 0 Å². The molecule has 10 nitrogen and oxygen atoms in total. The van der Waals surface area contributed by atoms with Crippen LogP contribution in [0.2, 0.25) is 0 Å². The molecule has 3 aromatic rings. The zero-order chi connectivity index (χ0) is 26.5. The summed E-state index contributed by atoms with van der Waals surface area (Å²) in [5.41, 5.74) is 3.29. The number of urea groups is 1. The van der Waals surface area contributed by atoms with E-state index in [4.69, 9.17) is 19.2 Å². The van der Waals surface area contributed by atoms with Crippen molar-refractivity contribution in [1.29, 1.82) is 0 Å². The molecule has 1 aromatic heterocycles. The molecular formula is C27H32N4O6. The Kier molecular flexibility index (Phi) is 7.98. The Balaban J connectivity index is 1.82. The lowest BCUT2D eigenvalue weighted by molar-refractivity contribution is -0.141. The first kappa shape index (κ1) is 26.0. The molecule has 1 fully saturated rings. The first-order valence-electron chi connectivity index (χ1n) is 12.0. The first-order valence-corrected chi connectivity index (χ1v) is 12.0. The molecule has 196 valence electrons. The van der Waals surface area contributed by atoms with E-state index < -0.39 is 6.03 Å².